The summed E-state index contributed by atoms with van der Waals surface area (Å²) in [7, 11) is 1.62. The molecule has 0 fully saturated rings. The van der Waals surface area contributed by atoms with Crippen molar-refractivity contribution in [1.82, 2.24) is 14.0 Å². The molecule has 4 N–H and O–H groups in total. The van der Waals surface area contributed by atoms with Gasteiger partial charge in [-0.15, -0.1) is 0 Å². The molecule has 25 heavy (non-hydrogen) atoms. The van der Waals surface area contributed by atoms with Gasteiger partial charge in [0.25, 0.3) is 0 Å². The number of aryl methyl sites for hydroxylation is 1. The van der Waals surface area contributed by atoms with Crippen LogP contribution in [0.4, 0.5) is 0 Å². The SMILES string of the molecule is Cn1ccn2c(=O)c(O)c(C(=O)O)nc12.NCc1ccc(Cl)c(Cl)c1. The van der Waals surface area contributed by atoms with E-state index in [0.717, 1.165) is 9.96 Å². The average Bonchev–Trinajstić information content (AvgIpc) is 2.95. The number of aromatic hydroxyl groups is 1. The van der Waals surface area contributed by atoms with Crippen molar-refractivity contribution < 1.29 is 15.0 Å². The number of fused-ring (bicyclic) bond motifs is 1. The van der Waals surface area contributed by atoms with Crippen LogP contribution in [0.25, 0.3) is 5.78 Å². The van der Waals surface area contributed by atoms with Crippen molar-refractivity contribution in [3.05, 3.63) is 62.2 Å². The van der Waals surface area contributed by atoms with Crippen LogP contribution in [-0.2, 0) is 13.6 Å². The number of rotatable bonds is 2. The first-order chi connectivity index (χ1) is 11.8. The number of nitrogens with zero attached hydrogens (tertiary/aromatic N) is 3. The smallest absolute Gasteiger partial charge is 0.358 e. The number of carbonyl (C=O) groups is 1. The van der Waals surface area contributed by atoms with Crippen LogP contribution in [0.3, 0.4) is 0 Å². The maximum absolute atomic E-state index is 11.5. The summed E-state index contributed by atoms with van der Waals surface area (Å²) in [4.78, 5) is 25.8. The van der Waals surface area contributed by atoms with Gasteiger partial charge in [0.15, 0.2) is 5.69 Å². The molecule has 0 radical (unpaired) electrons. The van der Waals surface area contributed by atoms with E-state index in [1.54, 1.807) is 19.2 Å². The summed E-state index contributed by atoms with van der Waals surface area (Å²) in [5.41, 5.74) is 4.93. The second-order valence-corrected chi connectivity index (χ2v) is 5.77. The van der Waals surface area contributed by atoms with Crippen LogP contribution in [0, 0.1) is 0 Å². The molecule has 10 heteroatoms. The van der Waals surface area contributed by atoms with E-state index in [9.17, 15) is 14.7 Å². The lowest BCUT2D eigenvalue weighted by atomic mass is 10.2. The third-order valence-corrected chi connectivity index (χ3v) is 3.99. The van der Waals surface area contributed by atoms with Crippen molar-refractivity contribution in [3.63, 3.8) is 0 Å². The molecule has 3 aromatic rings. The fourth-order valence-corrected chi connectivity index (χ4v) is 2.27. The normalized spacial score (nSPS) is 10.4. The monoisotopic (exact) mass is 384 g/mol. The lowest BCUT2D eigenvalue weighted by Gasteiger charge is -2.00. The topological polar surface area (TPSA) is 123 Å². The van der Waals surface area contributed by atoms with Gasteiger partial charge < -0.3 is 20.5 Å². The molecule has 0 atom stereocenters. The first-order valence-electron chi connectivity index (χ1n) is 6.90. The van der Waals surface area contributed by atoms with Crippen molar-refractivity contribution in [1.29, 1.82) is 0 Å². The molecule has 0 aliphatic carbocycles. The van der Waals surface area contributed by atoms with Crippen LogP contribution >= 0.6 is 23.2 Å². The number of hydrogen-bond donors (Lipinski definition) is 3. The number of aromatic carboxylic acids is 1. The molecule has 0 bridgehead atoms. The molecule has 2 heterocycles. The highest BCUT2D eigenvalue weighted by molar-refractivity contribution is 6.42. The number of nitrogens with two attached hydrogens (primary N) is 1. The highest BCUT2D eigenvalue weighted by Crippen LogP contribution is 2.22. The number of benzene rings is 1. The van der Waals surface area contributed by atoms with Crippen LogP contribution < -0.4 is 11.3 Å². The van der Waals surface area contributed by atoms with Crippen molar-refractivity contribution in [2.75, 3.05) is 0 Å². The molecule has 0 aliphatic rings. The minimum Gasteiger partial charge on any atom is -0.501 e. The average molecular weight is 385 g/mol. The number of imidazole rings is 1. The molecule has 0 saturated heterocycles. The molecular formula is C15H14Cl2N4O4. The van der Waals surface area contributed by atoms with E-state index in [-0.39, 0.29) is 5.78 Å². The van der Waals surface area contributed by atoms with Crippen molar-refractivity contribution >= 4 is 34.9 Å². The van der Waals surface area contributed by atoms with E-state index in [4.69, 9.17) is 34.0 Å². The van der Waals surface area contributed by atoms with Crippen LogP contribution in [0.2, 0.25) is 10.0 Å². The Balaban J connectivity index is 0.000000196. The highest BCUT2D eigenvalue weighted by atomic mass is 35.5. The van der Waals surface area contributed by atoms with Crippen molar-refractivity contribution in [2.45, 2.75) is 6.54 Å². The van der Waals surface area contributed by atoms with Gasteiger partial charge in [-0.25, -0.2) is 14.2 Å². The summed E-state index contributed by atoms with van der Waals surface area (Å²) in [6.45, 7) is 0.497. The number of carboxylic acids is 1. The van der Waals surface area contributed by atoms with Gasteiger partial charge in [0, 0.05) is 26.0 Å². The predicted octanol–water partition coefficient (Wildman–Crippen LogP) is 1.89. The first kappa shape index (κ1) is 18.8. The Morgan fingerprint density at radius 3 is 2.52 bits per heavy atom. The third kappa shape index (κ3) is 3.93. The molecule has 0 saturated carbocycles. The molecule has 8 nitrogen and oxygen atoms in total. The highest BCUT2D eigenvalue weighted by Gasteiger charge is 2.18. The minimum atomic E-state index is -1.44. The van der Waals surface area contributed by atoms with Gasteiger partial charge in [-0.3, -0.25) is 4.79 Å². The van der Waals surface area contributed by atoms with Gasteiger partial charge in [0.2, 0.25) is 11.5 Å². The van der Waals surface area contributed by atoms with Crippen LogP contribution in [-0.4, -0.2) is 30.1 Å². The van der Waals surface area contributed by atoms with Gasteiger partial charge >= 0.3 is 11.5 Å². The molecule has 0 spiro atoms. The third-order valence-electron chi connectivity index (χ3n) is 3.25. The first-order valence-corrected chi connectivity index (χ1v) is 7.65. The van der Waals surface area contributed by atoms with Crippen LogP contribution in [0.5, 0.6) is 5.75 Å². The lowest BCUT2D eigenvalue weighted by molar-refractivity contribution is 0.0686. The second-order valence-electron chi connectivity index (χ2n) is 4.95. The zero-order valence-corrected chi connectivity index (χ0v) is 14.5. The number of carboxylic acid groups (broad SMARTS) is 1. The molecular weight excluding hydrogens is 371 g/mol. The van der Waals surface area contributed by atoms with E-state index in [1.807, 2.05) is 6.07 Å². The summed E-state index contributed by atoms with van der Waals surface area (Å²) in [5.74, 6) is -2.13. The fraction of sp³-hybridized carbons (Fsp3) is 0.133. The molecule has 132 valence electrons. The lowest BCUT2D eigenvalue weighted by Crippen LogP contribution is -2.18. The summed E-state index contributed by atoms with van der Waals surface area (Å²) in [5, 5.41) is 19.1. The van der Waals surface area contributed by atoms with Gasteiger partial charge in [-0.2, -0.15) is 0 Å². The van der Waals surface area contributed by atoms with Crippen LogP contribution in [0.15, 0.2) is 35.4 Å². The number of halogens is 2. The van der Waals surface area contributed by atoms with Crippen LogP contribution in [0.1, 0.15) is 16.1 Å². The maximum atomic E-state index is 11.5. The Morgan fingerprint density at radius 1 is 1.28 bits per heavy atom. The summed E-state index contributed by atoms with van der Waals surface area (Å²) >= 11 is 11.4. The number of aromatic nitrogens is 3. The van der Waals surface area contributed by atoms with Crippen molar-refractivity contribution in [2.24, 2.45) is 12.8 Å². The zero-order valence-electron chi connectivity index (χ0n) is 13.0. The quantitative estimate of drug-likeness (QED) is 0.619. The fourth-order valence-electron chi connectivity index (χ4n) is 1.95. The van der Waals surface area contributed by atoms with Gasteiger partial charge in [0.05, 0.1) is 10.0 Å². The Morgan fingerprint density at radius 2 is 1.96 bits per heavy atom. The van der Waals surface area contributed by atoms with E-state index in [2.05, 4.69) is 4.98 Å². The van der Waals surface area contributed by atoms with E-state index >= 15 is 0 Å². The Kier molecular flexibility index (Phi) is 5.68. The van der Waals surface area contributed by atoms with Gasteiger partial charge in [0.1, 0.15) is 0 Å². The molecule has 1 aromatic carbocycles. The molecule has 0 unspecified atom stereocenters. The Bertz CT molecular complexity index is 997. The summed E-state index contributed by atoms with van der Waals surface area (Å²) in [6.07, 6.45) is 2.94. The largest absolute Gasteiger partial charge is 0.501 e. The van der Waals surface area contributed by atoms with E-state index < -0.39 is 23.0 Å². The number of hydrogen-bond acceptors (Lipinski definition) is 5. The molecule has 3 rings (SSSR count). The minimum absolute atomic E-state index is 0.162. The van der Waals surface area contributed by atoms with Gasteiger partial charge in [-0.1, -0.05) is 29.3 Å². The maximum Gasteiger partial charge on any atom is 0.358 e. The molecule has 0 aliphatic heterocycles. The Hall–Kier alpha value is -2.55. The van der Waals surface area contributed by atoms with Crippen molar-refractivity contribution in [3.8, 4) is 5.75 Å². The molecule has 2 aromatic heterocycles. The summed E-state index contributed by atoms with van der Waals surface area (Å²) in [6, 6.07) is 5.37. The summed E-state index contributed by atoms with van der Waals surface area (Å²) < 4.78 is 2.55. The zero-order chi connectivity index (χ0) is 18.7. The Labute approximate surface area is 151 Å². The molecule has 0 amide bonds. The van der Waals surface area contributed by atoms with E-state index in [0.29, 0.717) is 16.6 Å². The predicted molar refractivity (Wildman–Crippen MR) is 93.4 cm³/mol. The standard InChI is InChI=1S/C8H7N3O4.C7H7Cl2N/c1-10-2-3-11-6(13)5(12)4(7(14)15)9-8(10)11;8-6-2-1-5(4-10)3-7(6)9/h2-3,12H,1H3,(H,14,15);1-3H,4,10H2. The second kappa shape index (κ2) is 7.56. The van der Waals surface area contributed by atoms with Gasteiger partial charge in [-0.05, 0) is 17.7 Å². The van der Waals surface area contributed by atoms with E-state index in [1.165, 1.54) is 17.0 Å².